The van der Waals surface area contributed by atoms with E-state index in [0.29, 0.717) is 18.5 Å². The highest BCUT2D eigenvalue weighted by Gasteiger charge is 2.14. The Balaban J connectivity index is 1.94. The van der Waals surface area contributed by atoms with Crippen LogP contribution in [0.3, 0.4) is 0 Å². The molecule has 0 fully saturated rings. The number of hydrogen-bond donors (Lipinski definition) is 1. The number of nitrogens with one attached hydrogen (secondary N) is 1. The second-order valence-electron chi connectivity index (χ2n) is 4.74. The average molecular weight is 347 g/mol. The maximum absolute atomic E-state index is 12.3. The number of hydrogen-bond acceptors (Lipinski definition) is 2. The van der Waals surface area contributed by atoms with Crippen LogP contribution in [0.25, 0.3) is 0 Å². The monoisotopic (exact) mass is 346 g/mol. The van der Waals surface area contributed by atoms with Crippen molar-refractivity contribution in [2.75, 3.05) is 6.54 Å². The van der Waals surface area contributed by atoms with Gasteiger partial charge in [0.15, 0.2) is 0 Å². The van der Waals surface area contributed by atoms with Crippen molar-refractivity contribution in [2.45, 2.75) is 18.2 Å². The summed E-state index contributed by atoms with van der Waals surface area (Å²) in [6, 6.07) is 11.1. The van der Waals surface area contributed by atoms with Gasteiger partial charge in [-0.1, -0.05) is 30.2 Å². The van der Waals surface area contributed by atoms with Gasteiger partial charge in [-0.15, -0.1) is 23.2 Å². The molecule has 0 aliphatic rings. The van der Waals surface area contributed by atoms with Crippen LogP contribution in [0.4, 0.5) is 0 Å². The van der Waals surface area contributed by atoms with Gasteiger partial charge in [-0.05, 0) is 29.2 Å². The van der Waals surface area contributed by atoms with E-state index in [4.69, 9.17) is 23.2 Å². The maximum Gasteiger partial charge on any atom is 0.251 e. The van der Waals surface area contributed by atoms with Crippen LogP contribution in [-0.2, 0) is 11.8 Å². The zero-order valence-corrected chi connectivity index (χ0v) is 14.0. The van der Waals surface area contributed by atoms with E-state index in [9.17, 15) is 4.79 Å². The minimum Gasteiger partial charge on any atom is -0.351 e. The molecule has 0 unspecified atom stereocenters. The van der Waals surface area contributed by atoms with Crippen LogP contribution in [0.1, 0.15) is 33.6 Å². The SMILES string of the molecule is O=C(NCCC#Cc1ccccn1)c1c(CCl)cccc1CCl. The molecule has 2 aromatic rings. The quantitative estimate of drug-likeness (QED) is 0.509. The Bertz CT molecular complexity index is 699. The van der Waals surface area contributed by atoms with Crippen LogP contribution in [0.2, 0.25) is 0 Å². The van der Waals surface area contributed by atoms with Crippen molar-refractivity contribution in [2.24, 2.45) is 0 Å². The third-order valence-electron chi connectivity index (χ3n) is 3.17. The van der Waals surface area contributed by atoms with Gasteiger partial charge in [-0.25, -0.2) is 4.98 Å². The van der Waals surface area contributed by atoms with E-state index in [1.165, 1.54) is 0 Å². The van der Waals surface area contributed by atoms with E-state index in [2.05, 4.69) is 22.1 Å². The molecule has 118 valence electrons. The minimum absolute atomic E-state index is 0.170. The zero-order chi connectivity index (χ0) is 16.5. The lowest BCUT2D eigenvalue weighted by Gasteiger charge is -2.11. The van der Waals surface area contributed by atoms with Gasteiger partial charge >= 0.3 is 0 Å². The van der Waals surface area contributed by atoms with Crippen LogP contribution >= 0.6 is 23.2 Å². The molecule has 0 aliphatic heterocycles. The fraction of sp³-hybridized carbons (Fsp3) is 0.222. The van der Waals surface area contributed by atoms with Crippen molar-refractivity contribution in [3.8, 4) is 11.8 Å². The molecule has 0 spiro atoms. The summed E-state index contributed by atoms with van der Waals surface area (Å²) in [6.07, 6.45) is 2.24. The standard InChI is InChI=1S/C18H16Cl2N2O/c19-12-14-6-5-7-15(13-20)17(14)18(23)22-11-4-2-9-16-8-1-3-10-21-16/h1,3,5-8,10H,4,11-13H2,(H,22,23). The van der Waals surface area contributed by atoms with E-state index >= 15 is 0 Å². The first-order valence-corrected chi connectivity index (χ1v) is 8.24. The number of carbonyl (C=O) groups is 1. The summed E-state index contributed by atoms with van der Waals surface area (Å²) in [6.45, 7) is 0.455. The molecule has 1 heterocycles. The normalized spacial score (nSPS) is 9.83. The zero-order valence-electron chi connectivity index (χ0n) is 12.5. The summed E-state index contributed by atoms with van der Waals surface area (Å²) in [5.74, 6) is 6.31. The first-order valence-electron chi connectivity index (χ1n) is 7.17. The van der Waals surface area contributed by atoms with Gasteiger partial charge in [-0.3, -0.25) is 4.79 Å². The van der Waals surface area contributed by atoms with E-state index in [1.807, 2.05) is 36.4 Å². The molecule has 1 N–H and O–H groups in total. The molecule has 0 saturated carbocycles. The Morgan fingerprint density at radius 3 is 2.43 bits per heavy atom. The molecule has 0 saturated heterocycles. The molecule has 1 aromatic heterocycles. The predicted octanol–water partition coefficient (Wildman–Crippen LogP) is 3.73. The Hall–Kier alpha value is -2.02. The molecule has 0 radical (unpaired) electrons. The molecular formula is C18H16Cl2N2O. The Morgan fingerprint density at radius 1 is 1.09 bits per heavy atom. The summed E-state index contributed by atoms with van der Waals surface area (Å²) >= 11 is 11.8. The number of halogens is 2. The first kappa shape index (κ1) is 17.3. The van der Waals surface area contributed by atoms with E-state index < -0.39 is 0 Å². The lowest BCUT2D eigenvalue weighted by Crippen LogP contribution is -2.26. The van der Waals surface area contributed by atoms with Crippen LogP contribution in [0, 0.1) is 11.8 Å². The average Bonchev–Trinajstić information content (AvgIpc) is 2.61. The fourth-order valence-corrected chi connectivity index (χ4v) is 2.53. The number of aromatic nitrogens is 1. The summed E-state index contributed by atoms with van der Waals surface area (Å²) in [7, 11) is 0. The Kier molecular flexibility index (Phi) is 6.93. The van der Waals surface area contributed by atoms with Gasteiger partial charge < -0.3 is 5.32 Å². The number of alkyl halides is 2. The van der Waals surface area contributed by atoms with Crippen molar-refractivity contribution in [3.63, 3.8) is 0 Å². The number of carbonyl (C=O) groups excluding carboxylic acids is 1. The van der Waals surface area contributed by atoms with Crippen LogP contribution in [-0.4, -0.2) is 17.4 Å². The summed E-state index contributed by atoms with van der Waals surface area (Å²) in [5, 5.41) is 2.86. The maximum atomic E-state index is 12.3. The predicted molar refractivity (Wildman–Crippen MR) is 93.6 cm³/mol. The highest BCUT2D eigenvalue weighted by atomic mass is 35.5. The Morgan fingerprint density at radius 2 is 1.83 bits per heavy atom. The number of pyridine rings is 1. The molecular weight excluding hydrogens is 331 g/mol. The summed E-state index contributed by atoms with van der Waals surface area (Å²) in [5.41, 5.74) is 2.84. The van der Waals surface area contributed by atoms with Crippen LogP contribution in [0.15, 0.2) is 42.6 Å². The van der Waals surface area contributed by atoms with Crippen molar-refractivity contribution in [1.29, 1.82) is 0 Å². The topological polar surface area (TPSA) is 42.0 Å². The largest absolute Gasteiger partial charge is 0.351 e. The molecule has 1 aromatic carbocycles. The van der Waals surface area contributed by atoms with E-state index in [1.54, 1.807) is 6.20 Å². The lowest BCUT2D eigenvalue weighted by atomic mass is 10.0. The van der Waals surface area contributed by atoms with Crippen molar-refractivity contribution < 1.29 is 4.79 Å². The number of nitrogens with zero attached hydrogens (tertiary/aromatic N) is 1. The van der Waals surface area contributed by atoms with Gasteiger partial charge in [0, 0.05) is 36.5 Å². The van der Waals surface area contributed by atoms with Gasteiger partial charge in [-0.2, -0.15) is 0 Å². The van der Waals surface area contributed by atoms with E-state index in [0.717, 1.165) is 16.8 Å². The highest BCUT2D eigenvalue weighted by molar-refractivity contribution is 6.19. The molecule has 0 atom stereocenters. The summed E-state index contributed by atoms with van der Waals surface area (Å²) in [4.78, 5) is 16.5. The Labute approximate surface area is 146 Å². The molecule has 3 nitrogen and oxygen atoms in total. The first-order chi connectivity index (χ1) is 11.3. The minimum atomic E-state index is -0.170. The van der Waals surface area contributed by atoms with Crippen molar-refractivity contribution in [3.05, 3.63) is 65.0 Å². The van der Waals surface area contributed by atoms with Gasteiger partial charge in [0.05, 0.1) is 0 Å². The van der Waals surface area contributed by atoms with Crippen LogP contribution < -0.4 is 5.32 Å². The van der Waals surface area contributed by atoms with Crippen molar-refractivity contribution in [1.82, 2.24) is 10.3 Å². The lowest BCUT2D eigenvalue weighted by molar-refractivity contribution is 0.0953. The molecule has 2 rings (SSSR count). The van der Waals surface area contributed by atoms with Gasteiger partial charge in [0.25, 0.3) is 5.91 Å². The third-order valence-corrected chi connectivity index (χ3v) is 3.74. The van der Waals surface area contributed by atoms with E-state index in [-0.39, 0.29) is 17.7 Å². The number of benzene rings is 1. The molecule has 0 bridgehead atoms. The smallest absolute Gasteiger partial charge is 0.251 e. The molecule has 1 amide bonds. The van der Waals surface area contributed by atoms with Gasteiger partial charge in [0.1, 0.15) is 5.69 Å². The number of rotatable bonds is 5. The second-order valence-corrected chi connectivity index (χ2v) is 5.28. The highest BCUT2D eigenvalue weighted by Crippen LogP contribution is 2.18. The molecule has 23 heavy (non-hydrogen) atoms. The van der Waals surface area contributed by atoms with Gasteiger partial charge in [0.2, 0.25) is 0 Å². The number of amides is 1. The third kappa shape index (κ3) is 4.99. The molecule has 0 aliphatic carbocycles. The second kappa shape index (κ2) is 9.19. The summed E-state index contributed by atoms with van der Waals surface area (Å²) < 4.78 is 0. The van der Waals surface area contributed by atoms with Crippen molar-refractivity contribution >= 4 is 29.1 Å². The van der Waals surface area contributed by atoms with Crippen LogP contribution in [0.5, 0.6) is 0 Å². The fourth-order valence-electron chi connectivity index (χ4n) is 2.08. The molecule has 5 heteroatoms.